The van der Waals surface area contributed by atoms with Gasteiger partial charge in [0.25, 0.3) is 5.78 Å². The summed E-state index contributed by atoms with van der Waals surface area (Å²) in [5, 5.41) is 8.80. The predicted molar refractivity (Wildman–Crippen MR) is 72.3 cm³/mol. The molecule has 0 saturated heterocycles. The second-order valence-electron chi connectivity index (χ2n) is 4.28. The van der Waals surface area contributed by atoms with E-state index in [0.717, 1.165) is 12.0 Å². The van der Waals surface area contributed by atoms with E-state index in [-0.39, 0.29) is 5.56 Å². The van der Waals surface area contributed by atoms with Crippen molar-refractivity contribution in [3.63, 3.8) is 0 Å². The molecule has 0 unspecified atom stereocenters. The average molecular weight is 254 g/mol. The van der Waals surface area contributed by atoms with Crippen LogP contribution in [0.5, 0.6) is 0 Å². The second kappa shape index (κ2) is 5.96. The SMILES string of the molecule is O=C(O)C(=O)c1ccccc1CCc1ccccc1. The predicted octanol–water partition coefficient (Wildman–Crippen LogP) is 2.74. The number of carbonyl (C=O) groups excluding carboxylic acids is 1. The van der Waals surface area contributed by atoms with Gasteiger partial charge in [0.15, 0.2) is 0 Å². The van der Waals surface area contributed by atoms with Crippen LogP contribution in [-0.4, -0.2) is 16.9 Å². The van der Waals surface area contributed by atoms with E-state index in [0.29, 0.717) is 6.42 Å². The monoisotopic (exact) mass is 254 g/mol. The molecule has 2 aromatic carbocycles. The van der Waals surface area contributed by atoms with Crippen LogP contribution in [0.3, 0.4) is 0 Å². The summed E-state index contributed by atoms with van der Waals surface area (Å²) in [6.07, 6.45) is 1.43. The summed E-state index contributed by atoms with van der Waals surface area (Å²) in [5.74, 6) is -2.25. The van der Waals surface area contributed by atoms with Crippen LogP contribution in [-0.2, 0) is 17.6 Å². The summed E-state index contributed by atoms with van der Waals surface area (Å²) in [4.78, 5) is 22.4. The zero-order chi connectivity index (χ0) is 13.7. The average Bonchev–Trinajstić information content (AvgIpc) is 2.45. The fraction of sp³-hybridized carbons (Fsp3) is 0.125. The second-order valence-corrected chi connectivity index (χ2v) is 4.28. The van der Waals surface area contributed by atoms with Crippen molar-refractivity contribution in [2.45, 2.75) is 12.8 Å². The van der Waals surface area contributed by atoms with Crippen molar-refractivity contribution >= 4 is 11.8 Å². The minimum Gasteiger partial charge on any atom is -0.475 e. The Bertz CT molecular complexity index is 588. The standard InChI is InChI=1S/C16H14O3/c17-15(16(18)19)14-9-5-4-8-13(14)11-10-12-6-2-1-3-7-12/h1-9H,10-11H2,(H,18,19). The van der Waals surface area contributed by atoms with Crippen molar-refractivity contribution in [3.05, 3.63) is 71.3 Å². The molecule has 0 bridgehead atoms. The number of benzene rings is 2. The van der Waals surface area contributed by atoms with E-state index in [9.17, 15) is 9.59 Å². The molecular weight excluding hydrogens is 240 g/mol. The quantitative estimate of drug-likeness (QED) is 0.659. The van der Waals surface area contributed by atoms with Crippen LogP contribution in [0.1, 0.15) is 21.5 Å². The van der Waals surface area contributed by atoms with Crippen LogP contribution in [0.4, 0.5) is 0 Å². The number of aliphatic carboxylic acids is 1. The molecule has 3 nitrogen and oxygen atoms in total. The van der Waals surface area contributed by atoms with Gasteiger partial charge in [0.1, 0.15) is 0 Å². The molecule has 1 N–H and O–H groups in total. The van der Waals surface area contributed by atoms with Crippen molar-refractivity contribution in [2.24, 2.45) is 0 Å². The minimum absolute atomic E-state index is 0.283. The van der Waals surface area contributed by atoms with Crippen LogP contribution in [0.2, 0.25) is 0 Å². The third-order valence-electron chi connectivity index (χ3n) is 2.98. The normalized spacial score (nSPS) is 10.1. The zero-order valence-corrected chi connectivity index (χ0v) is 10.4. The Morgan fingerprint density at radius 3 is 2.16 bits per heavy atom. The lowest BCUT2D eigenvalue weighted by molar-refractivity contribution is -0.131. The molecule has 96 valence electrons. The van der Waals surface area contributed by atoms with E-state index in [4.69, 9.17) is 5.11 Å². The van der Waals surface area contributed by atoms with Gasteiger partial charge in [0.05, 0.1) is 0 Å². The van der Waals surface area contributed by atoms with Crippen LogP contribution in [0.25, 0.3) is 0 Å². The molecule has 0 radical (unpaired) electrons. The molecule has 0 aliphatic heterocycles. The highest BCUT2D eigenvalue weighted by Crippen LogP contribution is 2.13. The summed E-state index contributed by atoms with van der Waals surface area (Å²) < 4.78 is 0. The third kappa shape index (κ3) is 3.28. The lowest BCUT2D eigenvalue weighted by Crippen LogP contribution is -2.15. The zero-order valence-electron chi connectivity index (χ0n) is 10.4. The van der Waals surface area contributed by atoms with Crippen molar-refractivity contribution in [1.82, 2.24) is 0 Å². The van der Waals surface area contributed by atoms with Gasteiger partial charge in [0.2, 0.25) is 0 Å². The first-order chi connectivity index (χ1) is 9.18. The van der Waals surface area contributed by atoms with Gasteiger partial charge < -0.3 is 5.11 Å². The Labute approximate surface area is 111 Å². The highest BCUT2D eigenvalue weighted by atomic mass is 16.4. The van der Waals surface area contributed by atoms with E-state index >= 15 is 0 Å². The van der Waals surface area contributed by atoms with Crippen molar-refractivity contribution in [3.8, 4) is 0 Å². The summed E-state index contributed by atoms with van der Waals surface area (Å²) >= 11 is 0. The first kappa shape index (κ1) is 13.0. The topological polar surface area (TPSA) is 54.4 Å². The van der Waals surface area contributed by atoms with E-state index in [1.807, 2.05) is 36.4 Å². The number of rotatable bonds is 5. The molecule has 0 atom stereocenters. The lowest BCUT2D eigenvalue weighted by Gasteiger charge is -2.06. The molecule has 0 fully saturated rings. The van der Waals surface area contributed by atoms with Crippen molar-refractivity contribution in [1.29, 1.82) is 0 Å². The highest BCUT2D eigenvalue weighted by molar-refractivity contribution is 6.40. The Balaban J connectivity index is 2.17. The van der Waals surface area contributed by atoms with E-state index in [2.05, 4.69) is 0 Å². The molecule has 0 aliphatic carbocycles. The van der Waals surface area contributed by atoms with Crippen LogP contribution in [0, 0.1) is 0 Å². The Morgan fingerprint density at radius 1 is 0.842 bits per heavy atom. The Hall–Kier alpha value is -2.42. The van der Waals surface area contributed by atoms with Gasteiger partial charge in [0, 0.05) is 5.56 Å². The molecular formula is C16H14O3. The first-order valence-corrected chi connectivity index (χ1v) is 6.08. The molecule has 3 heteroatoms. The largest absolute Gasteiger partial charge is 0.475 e. The first-order valence-electron chi connectivity index (χ1n) is 6.08. The third-order valence-corrected chi connectivity index (χ3v) is 2.98. The number of Topliss-reactive ketones (excluding diaryl/α,β-unsaturated/α-hetero) is 1. The van der Waals surface area contributed by atoms with Gasteiger partial charge in [-0.15, -0.1) is 0 Å². The van der Waals surface area contributed by atoms with Gasteiger partial charge in [-0.3, -0.25) is 4.79 Å². The fourth-order valence-electron chi connectivity index (χ4n) is 2.00. The molecule has 19 heavy (non-hydrogen) atoms. The molecule has 0 saturated carbocycles. The molecule has 0 aliphatic rings. The van der Waals surface area contributed by atoms with Crippen LogP contribution >= 0.6 is 0 Å². The molecule has 0 heterocycles. The Kier molecular flexibility index (Phi) is 4.08. The number of carboxylic acids is 1. The van der Waals surface area contributed by atoms with E-state index in [1.54, 1.807) is 18.2 Å². The number of carbonyl (C=O) groups is 2. The summed E-state index contributed by atoms with van der Waals surface area (Å²) in [6.45, 7) is 0. The number of hydrogen-bond acceptors (Lipinski definition) is 2. The smallest absolute Gasteiger partial charge is 0.377 e. The Morgan fingerprint density at radius 2 is 1.47 bits per heavy atom. The molecule has 0 amide bonds. The highest BCUT2D eigenvalue weighted by Gasteiger charge is 2.17. The maximum atomic E-state index is 11.6. The maximum Gasteiger partial charge on any atom is 0.377 e. The van der Waals surface area contributed by atoms with Gasteiger partial charge in [-0.05, 0) is 24.0 Å². The maximum absolute atomic E-state index is 11.6. The summed E-state index contributed by atoms with van der Waals surface area (Å²) in [6, 6.07) is 16.8. The lowest BCUT2D eigenvalue weighted by atomic mass is 9.97. The number of carboxylic acid groups (broad SMARTS) is 1. The van der Waals surface area contributed by atoms with Gasteiger partial charge in [-0.2, -0.15) is 0 Å². The van der Waals surface area contributed by atoms with E-state index in [1.165, 1.54) is 5.56 Å². The molecule has 2 rings (SSSR count). The fourth-order valence-corrected chi connectivity index (χ4v) is 2.00. The van der Waals surface area contributed by atoms with Crippen LogP contribution < -0.4 is 0 Å². The van der Waals surface area contributed by atoms with Gasteiger partial charge in [-0.25, -0.2) is 4.79 Å². The number of ketones is 1. The number of aryl methyl sites for hydroxylation is 2. The summed E-state index contributed by atoms with van der Waals surface area (Å²) in [5.41, 5.74) is 2.23. The van der Waals surface area contributed by atoms with Gasteiger partial charge >= 0.3 is 5.97 Å². The van der Waals surface area contributed by atoms with Gasteiger partial charge in [-0.1, -0.05) is 54.6 Å². The van der Waals surface area contributed by atoms with Crippen molar-refractivity contribution < 1.29 is 14.7 Å². The molecule has 0 spiro atoms. The molecule has 0 aromatic heterocycles. The summed E-state index contributed by atoms with van der Waals surface area (Å²) in [7, 11) is 0. The van der Waals surface area contributed by atoms with Crippen LogP contribution in [0.15, 0.2) is 54.6 Å². The van der Waals surface area contributed by atoms with Crippen molar-refractivity contribution in [2.75, 3.05) is 0 Å². The number of hydrogen-bond donors (Lipinski definition) is 1. The van der Waals surface area contributed by atoms with E-state index < -0.39 is 11.8 Å². The minimum atomic E-state index is -1.41. The molecule has 2 aromatic rings.